The Labute approximate surface area is 287 Å². The Kier molecular flexibility index (Phi) is 9.01. The highest BCUT2D eigenvalue weighted by atomic mass is 28.4. The molecule has 5 atom stereocenters. The van der Waals surface area contributed by atoms with Crippen LogP contribution < -0.4 is 15.1 Å². The quantitative estimate of drug-likeness (QED) is 0.216. The molecule has 4 heterocycles. The number of aryl methyl sites for hydroxylation is 1. The Hall–Kier alpha value is -4.20. The zero-order valence-electron chi connectivity index (χ0n) is 28.2. The molecule has 2 saturated heterocycles. The summed E-state index contributed by atoms with van der Waals surface area (Å²) in [5.74, 6) is -0.629. The number of ether oxygens (including phenoxy) is 1. The first-order valence-electron chi connectivity index (χ1n) is 17.1. The molecule has 0 radical (unpaired) electrons. The molecule has 2 amide bonds. The van der Waals surface area contributed by atoms with Crippen LogP contribution in [0, 0.1) is 5.92 Å². The van der Waals surface area contributed by atoms with Crippen molar-refractivity contribution < 1.29 is 24.2 Å². The number of piperazine rings is 1. The van der Waals surface area contributed by atoms with Crippen LogP contribution in [0.15, 0.2) is 85.1 Å². The third-order valence-electron chi connectivity index (χ3n) is 10.5. The number of hydrogen-bond acceptors (Lipinski definition) is 8. The molecule has 3 aliphatic rings. The first-order chi connectivity index (χ1) is 23.6. The lowest BCUT2D eigenvalue weighted by atomic mass is 9.82. The van der Waals surface area contributed by atoms with E-state index in [9.17, 15) is 19.5 Å². The van der Waals surface area contributed by atoms with Gasteiger partial charge < -0.3 is 29.8 Å². The van der Waals surface area contributed by atoms with Crippen LogP contribution in [0.25, 0.3) is 0 Å². The van der Waals surface area contributed by atoms with E-state index >= 15 is 0 Å². The normalized spacial score (nSPS) is 24.6. The number of aliphatic hydroxyl groups excluding tert-OH is 1. The maximum absolute atomic E-state index is 14.7. The van der Waals surface area contributed by atoms with Crippen molar-refractivity contribution in [2.24, 2.45) is 5.92 Å². The van der Waals surface area contributed by atoms with E-state index in [1.165, 1.54) is 0 Å². The maximum atomic E-state index is 14.7. The fourth-order valence-electron chi connectivity index (χ4n) is 8.20. The summed E-state index contributed by atoms with van der Waals surface area (Å²) in [6.07, 6.45) is 2.01. The van der Waals surface area contributed by atoms with Crippen molar-refractivity contribution in [1.82, 2.24) is 20.3 Å². The summed E-state index contributed by atoms with van der Waals surface area (Å²) in [4.78, 5) is 42.4. The molecule has 3 N–H and O–H groups in total. The minimum atomic E-state index is -2.83. The molecule has 0 saturated carbocycles. The SMILES string of the molecule is C[C@@H]1[C@@H]([Si](C)(C)O)[C@H](CCn2cc(C(CO)c3ccccc3)nn2)O[C@@]12C(=O)N(Cc1ccc(N3CCNCC3=O)cc1)c1ccccc12. The molecule has 0 aliphatic carbocycles. The number of anilines is 2. The van der Waals surface area contributed by atoms with Gasteiger partial charge in [-0.1, -0.05) is 72.8 Å². The highest BCUT2D eigenvalue weighted by Crippen LogP contribution is 2.59. The predicted octanol–water partition coefficient (Wildman–Crippen LogP) is 3.77. The van der Waals surface area contributed by atoms with Crippen molar-refractivity contribution >= 4 is 31.5 Å². The van der Waals surface area contributed by atoms with E-state index in [0.29, 0.717) is 38.3 Å². The summed E-state index contributed by atoms with van der Waals surface area (Å²) < 4.78 is 8.74. The molecule has 11 nitrogen and oxygen atoms in total. The number of fused-ring (bicyclic) bond motifs is 2. The van der Waals surface area contributed by atoms with Crippen molar-refractivity contribution in [1.29, 1.82) is 0 Å². The highest BCUT2D eigenvalue weighted by molar-refractivity contribution is 6.71. The molecule has 3 aromatic carbocycles. The summed E-state index contributed by atoms with van der Waals surface area (Å²) in [5.41, 5.74) is 3.65. The van der Waals surface area contributed by atoms with Crippen LogP contribution in [-0.4, -0.2) is 77.4 Å². The van der Waals surface area contributed by atoms with Gasteiger partial charge in [-0.25, -0.2) is 0 Å². The molecule has 1 unspecified atom stereocenters. The average molecular weight is 681 g/mol. The van der Waals surface area contributed by atoms with Gasteiger partial charge in [0.1, 0.15) is 0 Å². The summed E-state index contributed by atoms with van der Waals surface area (Å²) >= 11 is 0. The number of hydrogen-bond donors (Lipinski definition) is 3. The van der Waals surface area contributed by atoms with Crippen molar-refractivity contribution in [2.45, 2.75) is 62.7 Å². The summed E-state index contributed by atoms with van der Waals surface area (Å²) in [7, 11) is -2.83. The fraction of sp³-hybridized carbons (Fsp3) is 0.405. The van der Waals surface area contributed by atoms with Gasteiger partial charge in [0.2, 0.25) is 5.91 Å². The number of rotatable bonds is 10. The number of nitrogens with zero attached hydrogens (tertiary/aromatic N) is 5. The lowest BCUT2D eigenvalue weighted by molar-refractivity contribution is -0.146. The minimum Gasteiger partial charge on any atom is -0.432 e. The smallest absolute Gasteiger partial charge is 0.264 e. The largest absolute Gasteiger partial charge is 0.432 e. The van der Waals surface area contributed by atoms with E-state index in [-0.39, 0.29) is 41.9 Å². The van der Waals surface area contributed by atoms with Gasteiger partial charge in [0, 0.05) is 48.5 Å². The van der Waals surface area contributed by atoms with E-state index in [1.54, 1.807) is 9.58 Å². The third kappa shape index (κ3) is 6.01. The van der Waals surface area contributed by atoms with E-state index in [4.69, 9.17) is 4.74 Å². The number of para-hydroxylation sites is 1. The predicted molar refractivity (Wildman–Crippen MR) is 188 cm³/mol. The van der Waals surface area contributed by atoms with Crippen LogP contribution in [0.1, 0.15) is 41.6 Å². The second-order valence-corrected chi connectivity index (χ2v) is 18.0. The standard InChI is InChI=1S/C37H44N6O5Si/c1-25-35(49(2,3)47)33(17-19-41-23-31(39-40-41)29(24-44)27-9-5-4-6-10-27)48-37(25)30-11-7-8-12-32(30)43(36(37)46)22-26-13-15-28(16-14-26)42-20-18-38-21-34(42)45/h4-16,23,25,29,33,35,38,44,47H,17-22,24H2,1-3H3/t25-,29?,33+,35-,37+/m1/s1. The summed E-state index contributed by atoms with van der Waals surface area (Å²) in [6, 6.07) is 25.4. The van der Waals surface area contributed by atoms with E-state index in [2.05, 4.69) is 15.6 Å². The molecular formula is C37H44N6O5Si. The van der Waals surface area contributed by atoms with Gasteiger partial charge in [0.15, 0.2) is 13.9 Å². The average Bonchev–Trinajstić information content (AvgIpc) is 3.76. The van der Waals surface area contributed by atoms with Gasteiger partial charge in [-0.2, -0.15) is 0 Å². The molecule has 1 aromatic heterocycles. The zero-order valence-corrected chi connectivity index (χ0v) is 29.2. The zero-order chi connectivity index (χ0) is 34.3. The van der Waals surface area contributed by atoms with Crippen LogP contribution in [0.4, 0.5) is 11.4 Å². The van der Waals surface area contributed by atoms with Crippen LogP contribution in [0.5, 0.6) is 0 Å². The van der Waals surface area contributed by atoms with Crippen LogP contribution in [0.2, 0.25) is 18.6 Å². The molecule has 2 fully saturated rings. The third-order valence-corrected chi connectivity index (χ3v) is 13.0. The Balaban J connectivity index is 1.13. The summed E-state index contributed by atoms with van der Waals surface area (Å²) in [5, 5.41) is 22.0. The van der Waals surface area contributed by atoms with Gasteiger partial charge in [-0.15, -0.1) is 5.10 Å². The number of carbonyl (C=O) groups is 2. The van der Waals surface area contributed by atoms with Gasteiger partial charge >= 0.3 is 0 Å². The van der Waals surface area contributed by atoms with Crippen molar-refractivity contribution in [2.75, 3.05) is 36.0 Å². The number of amides is 2. The minimum absolute atomic E-state index is 0.0437. The van der Waals surface area contributed by atoms with E-state index < -0.39 is 13.9 Å². The first kappa shape index (κ1) is 33.3. The topological polar surface area (TPSA) is 133 Å². The molecule has 1 spiro atoms. The molecular weight excluding hydrogens is 637 g/mol. The second kappa shape index (κ2) is 13.3. The van der Waals surface area contributed by atoms with Gasteiger partial charge in [-0.05, 0) is 48.8 Å². The Morgan fingerprint density at radius 1 is 1.04 bits per heavy atom. The molecule has 4 aromatic rings. The molecule has 7 rings (SSSR count). The van der Waals surface area contributed by atoms with Crippen molar-refractivity contribution in [3.63, 3.8) is 0 Å². The number of benzene rings is 3. The monoisotopic (exact) mass is 680 g/mol. The molecule has 3 aliphatic heterocycles. The Bertz CT molecular complexity index is 1810. The van der Waals surface area contributed by atoms with Gasteiger partial charge in [0.05, 0.1) is 43.1 Å². The highest BCUT2D eigenvalue weighted by Gasteiger charge is 2.66. The number of nitrogens with one attached hydrogen (secondary N) is 1. The first-order valence-corrected chi connectivity index (χ1v) is 20.1. The molecule has 49 heavy (non-hydrogen) atoms. The van der Waals surface area contributed by atoms with Crippen LogP contribution >= 0.6 is 0 Å². The maximum Gasteiger partial charge on any atom is 0.264 e. The lowest BCUT2D eigenvalue weighted by Gasteiger charge is -2.32. The van der Waals surface area contributed by atoms with Gasteiger partial charge in [-0.3, -0.25) is 14.3 Å². The lowest BCUT2D eigenvalue weighted by Crippen LogP contribution is -2.48. The molecule has 12 heteroatoms. The number of carbonyl (C=O) groups excluding carboxylic acids is 2. The Morgan fingerprint density at radius 3 is 2.49 bits per heavy atom. The van der Waals surface area contributed by atoms with Crippen LogP contribution in [0.3, 0.4) is 0 Å². The van der Waals surface area contributed by atoms with Crippen molar-refractivity contribution in [3.05, 3.63) is 107 Å². The number of aromatic nitrogens is 3. The van der Waals surface area contributed by atoms with E-state index in [1.807, 2.05) is 110 Å². The Morgan fingerprint density at radius 2 is 1.78 bits per heavy atom. The molecule has 256 valence electrons. The fourth-order valence-corrected chi connectivity index (χ4v) is 10.8. The van der Waals surface area contributed by atoms with Gasteiger partial charge in [0.25, 0.3) is 5.91 Å². The second-order valence-electron chi connectivity index (χ2n) is 14.0. The van der Waals surface area contributed by atoms with E-state index in [0.717, 1.165) is 34.6 Å². The number of aliphatic hydroxyl groups is 1. The van der Waals surface area contributed by atoms with Crippen molar-refractivity contribution in [3.8, 4) is 0 Å². The summed E-state index contributed by atoms with van der Waals surface area (Å²) in [6.45, 7) is 8.35. The molecule has 0 bridgehead atoms. The van der Waals surface area contributed by atoms with Crippen LogP contribution in [-0.2, 0) is 33.0 Å².